The van der Waals surface area contributed by atoms with Crippen LogP contribution in [-0.2, 0) is 21.5 Å². The number of aromatic hydroxyl groups is 1. The Labute approximate surface area is 165 Å². The van der Waals surface area contributed by atoms with Crippen LogP contribution in [0.15, 0.2) is 52.4 Å². The number of phenolic OH excluding ortho intramolecular Hbond substituents is 1. The SMILES string of the molecule is CC(C)[C@H](C)C(=O)OCCc1ccc(O)c(C2(C)CN=c3ccccc3=N2)c1. The van der Waals surface area contributed by atoms with Gasteiger partial charge in [0.25, 0.3) is 0 Å². The zero-order chi connectivity index (χ0) is 20.3. The number of ether oxygens (including phenoxy) is 1. The van der Waals surface area contributed by atoms with Crippen molar-refractivity contribution in [2.45, 2.75) is 39.7 Å². The molecule has 1 heterocycles. The van der Waals surface area contributed by atoms with Crippen LogP contribution < -0.4 is 10.7 Å². The molecule has 1 N–H and O–H groups in total. The fourth-order valence-corrected chi connectivity index (χ4v) is 3.22. The molecule has 0 bridgehead atoms. The van der Waals surface area contributed by atoms with Gasteiger partial charge in [-0.25, -0.2) is 0 Å². The molecule has 2 atom stereocenters. The van der Waals surface area contributed by atoms with Crippen LogP contribution >= 0.6 is 0 Å². The Morgan fingerprint density at radius 3 is 2.61 bits per heavy atom. The van der Waals surface area contributed by atoms with E-state index in [2.05, 4.69) is 4.99 Å². The minimum atomic E-state index is -0.628. The zero-order valence-electron chi connectivity index (χ0n) is 17.0. The molecule has 0 saturated carbocycles. The number of esters is 1. The van der Waals surface area contributed by atoms with E-state index in [-0.39, 0.29) is 23.6 Å². The number of hydrogen-bond donors (Lipinski definition) is 1. The van der Waals surface area contributed by atoms with Crippen molar-refractivity contribution in [3.05, 3.63) is 64.3 Å². The van der Waals surface area contributed by atoms with E-state index in [0.29, 0.717) is 19.6 Å². The molecule has 0 amide bonds. The lowest BCUT2D eigenvalue weighted by atomic mass is 9.89. The van der Waals surface area contributed by atoms with Gasteiger partial charge in [-0.15, -0.1) is 0 Å². The third-order valence-corrected chi connectivity index (χ3v) is 5.45. The van der Waals surface area contributed by atoms with Crippen LogP contribution in [0.1, 0.15) is 38.8 Å². The van der Waals surface area contributed by atoms with Gasteiger partial charge in [-0.05, 0) is 42.7 Å². The highest BCUT2D eigenvalue weighted by Crippen LogP contribution is 2.34. The first kappa shape index (κ1) is 20.1. The van der Waals surface area contributed by atoms with Gasteiger partial charge in [0, 0.05) is 12.0 Å². The summed E-state index contributed by atoms with van der Waals surface area (Å²) in [4.78, 5) is 21.5. The van der Waals surface area contributed by atoms with Crippen molar-refractivity contribution >= 4 is 5.97 Å². The second-order valence-electron chi connectivity index (χ2n) is 7.99. The van der Waals surface area contributed by atoms with Crippen molar-refractivity contribution in [3.8, 4) is 5.75 Å². The molecule has 0 saturated heterocycles. The van der Waals surface area contributed by atoms with Gasteiger partial charge in [0.1, 0.15) is 11.3 Å². The number of hydrogen-bond acceptors (Lipinski definition) is 5. The van der Waals surface area contributed by atoms with E-state index in [1.54, 1.807) is 6.07 Å². The van der Waals surface area contributed by atoms with Crippen LogP contribution in [0.3, 0.4) is 0 Å². The smallest absolute Gasteiger partial charge is 0.308 e. The molecule has 1 aliphatic rings. The lowest BCUT2D eigenvalue weighted by molar-refractivity contribution is -0.149. The Bertz CT molecular complexity index is 984. The zero-order valence-corrected chi connectivity index (χ0v) is 17.0. The highest BCUT2D eigenvalue weighted by molar-refractivity contribution is 5.72. The molecule has 2 aromatic carbocycles. The predicted molar refractivity (Wildman–Crippen MR) is 108 cm³/mol. The predicted octanol–water partition coefficient (Wildman–Crippen LogP) is 2.94. The Balaban J connectivity index is 1.77. The van der Waals surface area contributed by atoms with Crippen molar-refractivity contribution in [2.24, 2.45) is 21.8 Å². The first-order valence-corrected chi connectivity index (χ1v) is 9.78. The first-order chi connectivity index (χ1) is 13.3. The molecular weight excluding hydrogens is 352 g/mol. The van der Waals surface area contributed by atoms with Crippen molar-refractivity contribution in [1.82, 2.24) is 0 Å². The molecule has 148 valence electrons. The molecule has 0 radical (unpaired) electrons. The van der Waals surface area contributed by atoms with Crippen molar-refractivity contribution in [1.29, 1.82) is 0 Å². The number of phenols is 1. The number of nitrogens with zero attached hydrogens (tertiary/aromatic N) is 2. The van der Waals surface area contributed by atoms with E-state index in [4.69, 9.17) is 9.73 Å². The molecule has 3 rings (SSSR count). The molecule has 0 aromatic heterocycles. The molecular formula is C23H28N2O3. The monoisotopic (exact) mass is 380 g/mol. The second-order valence-corrected chi connectivity index (χ2v) is 7.99. The molecule has 0 spiro atoms. The van der Waals surface area contributed by atoms with Crippen LogP contribution in [0.2, 0.25) is 0 Å². The number of para-hydroxylation sites is 2. The third kappa shape index (κ3) is 4.24. The maximum Gasteiger partial charge on any atom is 0.308 e. The lowest BCUT2D eigenvalue weighted by Crippen LogP contribution is -2.38. The van der Waals surface area contributed by atoms with E-state index in [0.717, 1.165) is 21.8 Å². The molecule has 2 aromatic rings. The summed E-state index contributed by atoms with van der Waals surface area (Å²) in [7, 11) is 0. The number of rotatable bonds is 6. The van der Waals surface area contributed by atoms with Gasteiger partial charge in [-0.2, -0.15) is 0 Å². The minimum absolute atomic E-state index is 0.114. The largest absolute Gasteiger partial charge is 0.508 e. The van der Waals surface area contributed by atoms with Crippen LogP contribution in [0, 0.1) is 11.8 Å². The fourth-order valence-electron chi connectivity index (χ4n) is 3.22. The van der Waals surface area contributed by atoms with Crippen LogP contribution in [-0.4, -0.2) is 24.2 Å². The van der Waals surface area contributed by atoms with Gasteiger partial charge >= 0.3 is 5.97 Å². The molecule has 5 nitrogen and oxygen atoms in total. The Hall–Kier alpha value is -2.69. The average molecular weight is 380 g/mol. The summed E-state index contributed by atoms with van der Waals surface area (Å²) in [5.74, 6) is 0.179. The van der Waals surface area contributed by atoms with Crippen LogP contribution in [0.25, 0.3) is 0 Å². The van der Waals surface area contributed by atoms with Gasteiger partial charge in [0.05, 0.1) is 29.8 Å². The lowest BCUT2D eigenvalue weighted by Gasteiger charge is -2.27. The standard InChI is InChI=1S/C23H28N2O3/c1-15(2)16(3)22(27)28-12-11-17-9-10-21(26)18(13-17)23(4)14-24-19-7-5-6-8-20(19)25-23/h5-10,13,15-16,26H,11-12,14H2,1-4H3/t16-,23?/m0/s1. The van der Waals surface area contributed by atoms with Gasteiger partial charge in [-0.3, -0.25) is 14.8 Å². The van der Waals surface area contributed by atoms with Gasteiger partial charge in [-0.1, -0.05) is 39.0 Å². The molecule has 0 aliphatic carbocycles. The van der Waals surface area contributed by atoms with Crippen molar-refractivity contribution in [2.75, 3.05) is 13.2 Å². The summed E-state index contributed by atoms with van der Waals surface area (Å²) in [5.41, 5.74) is 1.11. The topological polar surface area (TPSA) is 71.2 Å². The molecule has 1 aliphatic heterocycles. The number of carbonyl (C=O) groups excluding carboxylic acids is 1. The Morgan fingerprint density at radius 1 is 1.18 bits per heavy atom. The average Bonchev–Trinajstić information content (AvgIpc) is 2.68. The molecule has 5 heteroatoms. The highest BCUT2D eigenvalue weighted by Gasteiger charge is 2.30. The molecule has 0 fully saturated rings. The van der Waals surface area contributed by atoms with Crippen molar-refractivity contribution in [3.63, 3.8) is 0 Å². The number of fused-ring (bicyclic) bond motifs is 1. The van der Waals surface area contributed by atoms with E-state index in [9.17, 15) is 9.90 Å². The highest BCUT2D eigenvalue weighted by atomic mass is 16.5. The van der Waals surface area contributed by atoms with Gasteiger partial charge < -0.3 is 9.84 Å². The maximum absolute atomic E-state index is 12.0. The van der Waals surface area contributed by atoms with Crippen LogP contribution in [0.4, 0.5) is 0 Å². The second kappa shape index (κ2) is 8.13. The van der Waals surface area contributed by atoms with Gasteiger partial charge in [0.15, 0.2) is 0 Å². The summed E-state index contributed by atoms with van der Waals surface area (Å²) in [5, 5.41) is 12.2. The quantitative estimate of drug-likeness (QED) is 0.783. The number of carbonyl (C=O) groups is 1. The first-order valence-electron chi connectivity index (χ1n) is 9.78. The van der Waals surface area contributed by atoms with Crippen molar-refractivity contribution < 1.29 is 14.6 Å². The van der Waals surface area contributed by atoms with Crippen LogP contribution in [0.5, 0.6) is 5.75 Å². The molecule has 1 unspecified atom stereocenters. The summed E-state index contributed by atoms with van der Waals surface area (Å²) < 4.78 is 5.41. The minimum Gasteiger partial charge on any atom is -0.508 e. The summed E-state index contributed by atoms with van der Waals surface area (Å²) in [6, 6.07) is 13.3. The van der Waals surface area contributed by atoms with E-state index in [1.165, 1.54) is 0 Å². The maximum atomic E-state index is 12.0. The van der Waals surface area contributed by atoms with E-state index >= 15 is 0 Å². The fraction of sp³-hybridized carbons (Fsp3) is 0.435. The normalized spacial score (nSPS) is 19.3. The Morgan fingerprint density at radius 2 is 1.89 bits per heavy atom. The summed E-state index contributed by atoms with van der Waals surface area (Å²) in [6.45, 7) is 8.68. The Kier molecular flexibility index (Phi) is 5.82. The van der Waals surface area contributed by atoms with E-state index < -0.39 is 5.54 Å². The number of benzene rings is 2. The van der Waals surface area contributed by atoms with Gasteiger partial charge in [0.2, 0.25) is 0 Å². The summed E-state index contributed by atoms with van der Waals surface area (Å²) in [6.07, 6.45) is 0.591. The third-order valence-electron chi connectivity index (χ3n) is 5.45. The summed E-state index contributed by atoms with van der Waals surface area (Å²) >= 11 is 0. The van der Waals surface area contributed by atoms with E-state index in [1.807, 2.05) is 64.1 Å². The molecule has 28 heavy (non-hydrogen) atoms.